The summed E-state index contributed by atoms with van der Waals surface area (Å²) in [5.41, 5.74) is 0.210. The quantitative estimate of drug-likeness (QED) is 0.696. The number of ether oxygens (including phenoxy) is 1. The van der Waals surface area contributed by atoms with E-state index in [1.54, 1.807) is 0 Å². The highest BCUT2D eigenvalue weighted by Crippen LogP contribution is 2.24. The molecular formula is C13H26N2O3. The van der Waals surface area contributed by atoms with Gasteiger partial charge in [-0.05, 0) is 17.9 Å². The average molecular weight is 258 g/mol. The number of carbonyl (C=O) groups is 2. The highest BCUT2D eigenvalue weighted by molar-refractivity contribution is 5.83. The Labute approximate surface area is 110 Å². The fourth-order valence-corrected chi connectivity index (χ4v) is 1.33. The van der Waals surface area contributed by atoms with E-state index in [4.69, 9.17) is 0 Å². The van der Waals surface area contributed by atoms with Gasteiger partial charge in [-0.25, -0.2) is 4.79 Å². The molecule has 0 saturated carbocycles. The summed E-state index contributed by atoms with van der Waals surface area (Å²) in [6.45, 7) is 11.2. The lowest BCUT2D eigenvalue weighted by molar-refractivity contribution is -0.144. The van der Waals surface area contributed by atoms with Crippen LogP contribution in [0.3, 0.4) is 0 Å². The second-order valence-electron chi connectivity index (χ2n) is 5.70. The molecule has 1 amide bonds. The zero-order valence-electron chi connectivity index (χ0n) is 12.3. The van der Waals surface area contributed by atoms with Crippen molar-refractivity contribution in [3.05, 3.63) is 0 Å². The SMILES string of the molecule is COC(=O)C(CNCC(C)C(C)(C)C)NC(C)=O. The zero-order valence-corrected chi connectivity index (χ0v) is 12.3. The minimum absolute atomic E-state index is 0.210. The molecule has 0 aliphatic heterocycles. The van der Waals surface area contributed by atoms with Crippen LogP contribution in [0.4, 0.5) is 0 Å². The Balaban J connectivity index is 4.20. The zero-order chi connectivity index (χ0) is 14.3. The van der Waals surface area contributed by atoms with Crippen molar-refractivity contribution in [1.29, 1.82) is 0 Å². The van der Waals surface area contributed by atoms with Crippen molar-refractivity contribution in [2.45, 2.75) is 40.7 Å². The van der Waals surface area contributed by atoms with Crippen LogP contribution < -0.4 is 10.6 Å². The standard InChI is InChI=1S/C13H26N2O3/c1-9(13(3,4)5)7-14-8-11(12(17)18-6)15-10(2)16/h9,11,14H,7-8H2,1-6H3,(H,15,16). The molecule has 0 fully saturated rings. The van der Waals surface area contributed by atoms with Gasteiger partial charge >= 0.3 is 5.97 Å². The van der Waals surface area contributed by atoms with E-state index < -0.39 is 12.0 Å². The van der Waals surface area contributed by atoms with E-state index in [0.29, 0.717) is 12.5 Å². The van der Waals surface area contributed by atoms with Gasteiger partial charge in [-0.15, -0.1) is 0 Å². The molecule has 0 radical (unpaired) electrons. The van der Waals surface area contributed by atoms with Crippen LogP contribution in [0.25, 0.3) is 0 Å². The summed E-state index contributed by atoms with van der Waals surface area (Å²) >= 11 is 0. The van der Waals surface area contributed by atoms with Crippen LogP contribution in [0.1, 0.15) is 34.6 Å². The molecule has 0 rings (SSSR count). The van der Waals surface area contributed by atoms with Gasteiger partial charge in [0.15, 0.2) is 0 Å². The highest BCUT2D eigenvalue weighted by atomic mass is 16.5. The summed E-state index contributed by atoms with van der Waals surface area (Å²) < 4.78 is 4.64. The summed E-state index contributed by atoms with van der Waals surface area (Å²) in [6.07, 6.45) is 0. The largest absolute Gasteiger partial charge is 0.467 e. The van der Waals surface area contributed by atoms with Gasteiger partial charge in [0.25, 0.3) is 0 Å². The van der Waals surface area contributed by atoms with E-state index in [1.807, 2.05) is 0 Å². The molecule has 0 aromatic carbocycles. The number of amides is 1. The van der Waals surface area contributed by atoms with Crippen molar-refractivity contribution in [1.82, 2.24) is 10.6 Å². The molecule has 0 aromatic heterocycles. The number of carbonyl (C=O) groups excluding carboxylic acids is 2. The van der Waals surface area contributed by atoms with Crippen molar-refractivity contribution in [2.24, 2.45) is 11.3 Å². The van der Waals surface area contributed by atoms with Crippen LogP contribution in [-0.4, -0.2) is 38.1 Å². The summed E-state index contributed by atoms with van der Waals surface area (Å²) in [5.74, 6) is -0.203. The molecule has 0 saturated heterocycles. The van der Waals surface area contributed by atoms with Gasteiger partial charge in [0, 0.05) is 13.5 Å². The fraction of sp³-hybridized carbons (Fsp3) is 0.846. The molecule has 0 spiro atoms. The second kappa shape index (κ2) is 7.36. The first-order valence-corrected chi connectivity index (χ1v) is 6.24. The molecule has 5 heteroatoms. The Hall–Kier alpha value is -1.10. The Morgan fingerprint density at radius 3 is 2.17 bits per heavy atom. The van der Waals surface area contributed by atoms with Gasteiger partial charge < -0.3 is 15.4 Å². The molecule has 0 aliphatic carbocycles. The third kappa shape index (κ3) is 6.59. The van der Waals surface area contributed by atoms with Crippen LogP contribution in [0.5, 0.6) is 0 Å². The van der Waals surface area contributed by atoms with Crippen molar-refractivity contribution in [2.75, 3.05) is 20.2 Å². The molecule has 0 aliphatic rings. The van der Waals surface area contributed by atoms with Crippen molar-refractivity contribution in [3.63, 3.8) is 0 Å². The third-order valence-electron chi connectivity index (χ3n) is 3.14. The minimum Gasteiger partial charge on any atom is -0.467 e. The monoisotopic (exact) mass is 258 g/mol. The van der Waals surface area contributed by atoms with Crippen LogP contribution in [0, 0.1) is 11.3 Å². The molecule has 0 bridgehead atoms. The first kappa shape index (κ1) is 16.9. The van der Waals surface area contributed by atoms with Crippen molar-refractivity contribution in [3.8, 4) is 0 Å². The summed E-state index contributed by atoms with van der Waals surface area (Å²) in [4.78, 5) is 22.4. The predicted octanol–water partition coefficient (Wildman–Crippen LogP) is 0.936. The fourth-order valence-electron chi connectivity index (χ4n) is 1.33. The first-order valence-electron chi connectivity index (χ1n) is 6.24. The van der Waals surface area contributed by atoms with Crippen LogP contribution >= 0.6 is 0 Å². The second-order valence-corrected chi connectivity index (χ2v) is 5.70. The Morgan fingerprint density at radius 1 is 1.22 bits per heavy atom. The molecular weight excluding hydrogens is 232 g/mol. The lowest BCUT2D eigenvalue weighted by atomic mass is 9.82. The van der Waals surface area contributed by atoms with E-state index >= 15 is 0 Å². The van der Waals surface area contributed by atoms with Crippen molar-refractivity contribution >= 4 is 11.9 Å². The number of esters is 1. The highest BCUT2D eigenvalue weighted by Gasteiger charge is 2.22. The lowest BCUT2D eigenvalue weighted by Gasteiger charge is -2.28. The Bertz CT molecular complexity index is 284. The topological polar surface area (TPSA) is 67.4 Å². The molecule has 2 atom stereocenters. The number of methoxy groups -OCH3 is 1. The van der Waals surface area contributed by atoms with Crippen molar-refractivity contribution < 1.29 is 14.3 Å². The van der Waals surface area contributed by atoms with E-state index in [0.717, 1.165) is 6.54 Å². The van der Waals surface area contributed by atoms with Gasteiger partial charge in [-0.2, -0.15) is 0 Å². The number of rotatable bonds is 6. The number of nitrogens with one attached hydrogen (secondary N) is 2. The molecule has 5 nitrogen and oxygen atoms in total. The predicted molar refractivity (Wildman–Crippen MR) is 71.1 cm³/mol. The molecule has 106 valence electrons. The number of hydrogen-bond acceptors (Lipinski definition) is 4. The maximum Gasteiger partial charge on any atom is 0.329 e. The Morgan fingerprint density at radius 2 is 1.78 bits per heavy atom. The van der Waals surface area contributed by atoms with Crippen LogP contribution in [0.2, 0.25) is 0 Å². The molecule has 0 heterocycles. The van der Waals surface area contributed by atoms with Crippen LogP contribution in [-0.2, 0) is 14.3 Å². The third-order valence-corrected chi connectivity index (χ3v) is 3.14. The molecule has 2 unspecified atom stereocenters. The van der Waals surface area contributed by atoms with E-state index in [-0.39, 0.29) is 11.3 Å². The summed E-state index contributed by atoms with van der Waals surface area (Å²) in [5, 5.41) is 5.76. The Kier molecular flexibility index (Phi) is 6.91. The van der Waals surface area contributed by atoms with Crippen LogP contribution in [0.15, 0.2) is 0 Å². The van der Waals surface area contributed by atoms with Gasteiger partial charge in [-0.1, -0.05) is 27.7 Å². The maximum atomic E-state index is 11.4. The van der Waals surface area contributed by atoms with E-state index in [9.17, 15) is 9.59 Å². The summed E-state index contributed by atoms with van der Waals surface area (Å²) in [6, 6.07) is -0.625. The van der Waals surface area contributed by atoms with Gasteiger partial charge in [0.1, 0.15) is 6.04 Å². The smallest absolute Gasteiger partial charge is 0.329 e. The average Bonchev–Trinajstić information content (AvgIpc) is 2.24. The molecule has 18 heavy (non-hydrogen) atoms. The van der Waals surface area contributed by atoms with Gasteiger partial charge in [0.2, 0.25) is 5.91 Å². The first-order chi connectivity index (χ1) is 8.18. The normalized spacial score (nSPS) is 14.8. The lowest BCUT2D eigenvalue weighted by Crippen LogP contribution is -2.48. The van der Waals surface area contributed by atoms with Gasteiger partial charge in [0.05, 0.1) is 7.11 Å². The molecule has 2 N–H and O–H groups in total. The maximum absolute atomic E-state index is 11.4. The van der Waals surface area contributed by atoms with E-state index in [1.165, 1.54) is 14.0 Å². The minimum atomic E-state index is -0.625. The summed E-state index contributed by atoms with van der Waals surface area (Å²) in [7, 11) is 1.31. The molecule has 0 aromatic rings. The van der Waals surface area contributed by atoms with E-state index in [2.05, 4.69) is 43.1 Å². The number of hydrogen-bond donors (Lipinski definition) is 2. The van der Waals surface area contributed by atoms with Gasteiger partial charge in [-0.3, -0.25) is 4.79 Å².